The number of rotatable bonds is 6. The number of nitriles is 1. The molecule has 0 fully saturated rings. The van der Waals surface area contributed by atoms with Crippen molar-refractivity contribution in [3.05, 3.63) is 41.7 Å². The molecule has 0 bridgehead atoms. The summed E-state index contributed by atoms with van der Waals surface area (Å²) in [5.41, 5.74) is 1.94. The lowest BCUT2D eigenvalue weighted by Gasteiger charge is -2.28. The zero-order valence-corrected chi connectivity index (χ0v) is 15.7. The van der Waals surface area contributed by atoms with E-state index in [9.17, 15) is 22.8 Å². The predicted molar refractivity (Wildman–Crippen MR) is 96.6 cm³/mol. The van der Waals surface area contributed by atoms with Crippen LogP contribution in [0, 0.1) is 11.3 Å². The molecule has 1 aromatic carbocycles. The van der Waals surface area contributed by atoms with Crippen LogP contribution in [0.4, 0.5) is 24.5 Å². The number of alkyl halides is 4. The number of nitrogens with one attached hydrogen (secondary N) is 1. The van der Waals surface area contributed by atoms with Crippen LogP contribution in [-0.2, 0) is 27.0 Å². The average Bonchev–Trinajstić information content (AvgIpc) is 3.05. The van der Waals surface area contributed by atoms with E-state index in [1.54, 1.807) is 0 Å². The zero-order valence-electron chi connectivity index (χ0n) is 15.0. The Bertz CT molecular complexity index is 970. The lowest BCUT2D eigenvalue weighted by atomic mass is 10.0. The number of hydrogen-bond acceptors (Lipinski definition) is 6. The van der Waals surface area contributed by atoms with Crippen LogP contribution < -0.4 is 11.1 Å². The van der Waals surface area contributed by atoms with E-state index in [2.05, 4.69) is 10.4 Å². The van der Waals surface area contributed by atoms with E-state index < -0.39 is 40.7 Å². The molecule has 1 amide bonds. The number of halogens is 4. The Kier molecular flexibility index (Phi) is 6.38. The zero-order chi connectivity index (χ0) is 21.8. The first-order valence-electron chi connectivity index (χ1n) is 7.97. The Morgan fingerprint density at radius 2 is 2.10 bits per heavy atom. The van der Waals surface area contributed by atoms with E-state index in [1.165, 1.54) is 30.1 Å². The van der Waals surface area contributed by atoms with Crippen molar-refractivity contribution >= 4 is 34.9 Å². The van der Waals surface area contributed by atoms with Crippen molar-refractivity contribution in [3.63, 3.8) is 0 Å². The molecule has 0 aliphatic heterocycles. The highest BCUT2D eigenvalue weighted by molar-refractivity contribution is 6.26. The minimum Gasteiger partial charge on any atom is -0.446 e. The van der Waals surface area contributed by atoms with E-state index in [0.717, 1.165) is 12.1 Å². The molecule has 1 atom stereocenters. The van der Waals surface area contributed by atoms with Gasteiger partial charge in [-0.3, -0.25) is 14.3 Å². The summed E-state index contributed by atoms with van der Waals surface area (Å²) in [6, 6.07) is 4.11. The van der Waals surface area contributed by atoms with E-state index in [-0.39, 0.29) is 12.2 Å². The van der Waals surface area contributed by atoms with Crippen molar-refractivity contribution in [1.29, 1.82) is 5.26 Å². The first-order chi connectivity index (χ1) is 13.5. The van der Waals surface area contributed by atoms with Gasteiger partial charge in [-0.1, -0.05) is 0 Å². The van der Waals surface area contributed by atoms with Gasteiger partial charge in [-0.15, -0.1) is 11.6 Å². The van der Waals surface area contributed by atoms with Gasteiger partial charge in [0, 0.05) is 11.9 Å². The maximum Gasteiger partial charge on any atom is 0.417 e. The molecule has 154 valence electrons. The normalized spacial score (nSPS) is 13.2. The molecule has 1 heterocycles. The minimum atomic E-state index is -4.80. The number of benzene rings is 1. The van der Waals surface area contributed by atoms with E-state index in [4.69, 9.17) is 27.3 Å². The molecule has 0 radical (unpaired) electrons. The molecule has 1 unspecified atom stereocenters. The second kappa shape index (κ2) is 8.40. The molecule has 0 spiro atoms. The maximum atomic E-state index is 13.1. The number of anilines is 2. The van der Waals surface area contributed by atoms with Gasteiger partial charge in [-0.2, -0.15) is 23.5 Å². The molecule has 3 N–H and O–H groups in total. The highest BCUT2D eigenvalue weighted by atomic mass is 35.5. The fourth-order valence-electron chi connectivity index (χ4n) is 2.42. The third-order valence-electron chi connectivity index (χ3n) is 3.75. The third-order valence-corrected chi connectivity index (χ3v) is 3.97. The van der Waals surface area contributed by atoms with E-state index in [0.29, 0.717) is 11.8 Å². The van der Waals surface area contributed by atoms with Gasteiger partial charge in [0.15, 0.2) is 0 Å². The summed E-state index contributed by atoms with van der Waals surface area (Å²) >= 11 is 5.43. The molecule has 1 aromatic heterocycles. The first-order valence-corrected chi connectivity index (χ1v) is 8.50. The smallest absolute Gasteiger partial charge is 0.417 e. The van der Waals surface area contributed by atoms with E-state index in [1.807, 2.05) is 0 Å². The van der Waals surface area contributed by atoms with Gasteiger partial charge in [-0.25, -0.2) is 0 Å². The summed E-state index contributed by atoms with van der Waals surface area (Å²) in [7, 11) is 0. The van der Waals surface area contributed by atoms with Crippen LogP contribution in [0.5, 0.6) is 0 Å². The molecule has 0 aliphatic rings. The quantitative estimate of drug-likeness (QED) is 0.537. The summed E-state index contributed by atoms with van der Waals surface area (Å²) in [5.74, 6) is -2.39. The topological polar surface area (TPSA) is 123 Å². The minimum absolute atomic E-state index is 0.241. The highest BCUT2D eigenvalue weighted by Crippen LogP contribution is 2.33. The number of hydrogen-bond donors (Lipinski definition) is 2. The molecular weight excluding hydrogens is 415 g/mol. The standard InChI is InChI=1S/C17H15ClF3N5O3/c1-16(29-14(27)5-18,9-26-8-11(23)7-24-26)15(28)25-12-3-2-10(6-22)13(4-12)17(19,20)21/h2-4,7-8H,5,9,23H2,1H3,(H,25,28). The lowest BCUT2D eigenvalue weighted by Crippen LogP contribution is -2.48. The van der Waals surface area contributed by atoms with E-state index >= 15 is 0 Å². The van der Waals surface area contributed by atoms with Crippen molar-refractivity contribution in [1.82, 2.24) is 9.78 Å². The summed E-state index contributed by atoms with van der Waals surface area (Å²) in [6.07, 6.45) is -2.12. The second-order valence-corrected chi connectivity index (χ2v) is 6.40. The fraction of sp³-hybridized carbons (Fsp3) is 0.294. The lowest BCUT2D eigenvalue weighted by molar-refractivity contribution is -0.163. The largest absolute Gasteiger partial charge is 0.446 e. The molecule has 0 aliphatic carbocycles. The molecule has 12 heteroatoms. The van der Waals surface area contributed by atoms with Crippen LogP contribution in [-0.4, -0.2) is 33.1 Å². The van der Waals surface area contributed by atoms with Crippen molar-refractivity contribution in [2.45, 2.75) is 25.2 Å². The third kappa shape index (κ3) is 5.39. The van der Waals surface area contributed by atoms with Gasteiger partial charge < -0.3 is 15.8 Å². The van der Waals surface area contributed by atoms with Crippen LogP contribution in [0.3, 0.4) is 0 Å². The molecule has 2 rings (SSSR count). The average molecular weight is 430 g/mol. The number of amides is 1. The number of aromatic nitrogens is 2. The molecular formula is C17H15ClF3N5O3. The van der Waals surface area contributed by atoms with Crippen molar-refractivity contribution in [2.75, 3.05) is 16.9 Å². The summed E-state index contributed by atoms with van der Waals surface area (Å²) in [4.78, 5) is 24.4. The van der Waals surface area contributed by atoms with Crippen LogP contribution in [0.2, 0.25) is 0 Å². The van der Waals surface area contributed by atoms with Gasteiger partial charge in [0.2, 0.25) is 5.60 Å². The van der Waals surface area contributed by atoms with Crippen LogP contribution in [0.25, 0.3) is 0 Å². The molecule has 8 nitrogen and oxygen atoms in total. The van der Waals surface area contributed by atoms with Gasteiger partial charge in [-0.05, 0) is 25.1 Å². The van der Waals surface area contributed by atoms with Crippen LogP contribution in [0.1, 0.15) is 18.1 Å². The fourth-order valence-corrected chi connectivity index (χ4v) is 2.48. The Balaban J connectivity index is 2.34. The Labute approximate surface area is 168 Å². The number of esters is 1. The number of carbonyl (C=O) groups is 2. The van der Waals surface area contributed by atoms with Crippen molar-refractivity contribution in [2.24, 2.45) is 0 Å². The summed E-state index contributed by atoms with van der Waals surface area (Å²) < 4.78 is 45.7. The van der Waals surface area contributed by atoms with Crippen LogP contribution in [0.15, 0.2) is 30.6 Å². The summed E-state index contributed by atoms with van der Waals surface area (Å²) in [5, 5.41) is 15.0. The monoisotopic (exact) mass is 429 g/mol. The number of ether oxygens (including phenoxy) is 1. The van der Waals surface area contributed by atoms with Crippen molar-refractivity contribution in [3.8, 4) is 6.07 Å². The predicted octanol–water partition coefficient (Wildman–Crippen LogP) is 2.54. The molecule has 0 saturated carbocycles. The molecule has 29 heavy (non-hydrogen) atoms. The number of nitrogen functional groups attached to an aromatic ring is 1. The first kappa shape index (κ1) is 22.0. The SMILES string of the molecule is CC(Cn1cc(N)cn1)(OC(=O)CCl)C(=O)Nc1ccc(C#N)c(C(F)(F)F)c1. The van der Waals surface area contributed by atoms with Crippen LogP contribution >= 0.6 is 11.6 Å². The summed E-state index contributed by atoms with van der Waals surface area (Å²) in [6.45, 7) is 0.972. The number of nitrogens with zero attached hydrogens (tertiary/aromatic N) is 3. The molecule has 0 saturated heterocycles. The Morgan fingerprint density at radius 1 is 1.41 bits per heavy atom. The van der Waals surface area contributed by atoms with Gasteiger partial charge in [0.1, 0.15) is 5.88 Å². The number of nitrogens with two attached hydrogens (primary N) is 1. The molecule has 2 aromatic rings. The van der Waals surface area contributed by atoms with Gasteiger partial charge in [0.25, 0.3) is 5.91 Å². The van der Waals surface area contributed by atoms with Crippen molar-refractivity contribution < 1.29 is 27.5 Å². The Hall–Kier alpha value is -3.26. The Morgan fingerprint density at radius 3 is 2.62 bits per heavy atom. The highest BCUT2D eigenvalue weighted by Gasteiger charge is 2.39. The maximum absolute atomic E-state index is 13.1. The van der Waals surface area contributed by atoms with Gasteiger partial charge in [0.05, 0.1) is 35.6 Å². The van der Waals surface area contributed by atoms with Gasteiger partial charge >= 0.3 is 12.1 Å². The number of carbonyl (C=O) groups excluding carboxylic acids is 2. The second-order valence-electron chi connectivity index (χ2n) is 6.13.